The molecule has 0 heterocycles. The van der Waals surface area contributed by atoms with Crippen LogP contribution in [0.15, 0.2) is 30.3 Å². The van der Waals surface area contributed by atoms with E-state index in [1.807, 2.05) is 51.1 Å². The molecule has 1 aromatic carbocycles. The van der Waals surface area contributed by atoms with Crippen LogP contribution in [-0.4, -0.2) is 29.3 Å². The van der Waals surface area contributed by atoms with Crippen LogP contribution in [0, 0.1) is 0 Å². The number of likely N-dealkylation sites (N-methyl/N-ethyl adjacent to an activating group) is 1. The Bertz CT molecular complexity index is 431. The second kappa shape index (κ2) is 8.35. The van der Waals surface area contributed by atoms with E-state index in [0.29, 0.717) is 25.9 Å². The minimum Gasteiger partial charge on any atom is -0.355 e. The molecular weight excluding hydrogens is 252 g/mol. The van der Waals surface area contributed by atoms with Gasteiger partial charge in [-0.3, -0.25) is 9.59 Å². The molecule has 0 aliphatic heterocycles. The molecule has 0 bridgehead atoms. The Balaban J connectivity index is 2.92. The Labute approximate surface area is 121 Å². The number of hydrogen-bond acceptors (Lipinski definition) is 2. The number of amides is 2. The highest BCUT2D eigenvalue weighted by atomic mass is 16.2. The van der Waals surface area contributed by atoms with Crippen molar-refractivity contribution in [2.45, 2.75) is 46.2 Å². The first kappa shape index (κ1) is 16.2. The third-order valence-corrected chi connectivity index (χ3v) is 3.24. The number of carbonyl (C=O) groups excluding carboxylic acids is 2. The smallest absolute Gasteiger partial charge is 0.242 e. The zero-order chi connectivity index (χ0) is 15.0. The van der Waals surface area contributed by atoms with E-state index in [1.165, 1.54) is 0 Å². The van der Waals surface area contributed by atoms with Gasteiger partial charge in [0.2, 0.25) is 11.8 Å². The SMILES string of the molecule is CCNC(=O)[C@H](CC)N(Cc1ccccc1)C(=O)CC. The molecule has 0 aromatic heterocycles. The fraction of sp³-hybridized carbons (Fsp3) is 0.500. The summed E-state index contributed by atoms with van der Waals surface area (Å²) in [4.78, 5) is 26.0. The molecule has 4 nitrogen and oxygen atoms in total. The van der Waals surface area contributed by atoms with E-state index in [0.717, 1.165) is 5.56 Å². The fourth-order valence-electron chi connectivity index (χ4n) is 2.19. The number of nitrogens with zero attached hydrogens (tertiary/aromatic N) is 1. The van der Waals surface area contributed by atoms with Gasteiger partial charge in [-0.15, -0.1) is 0 Å². The number of hydrogen-bond donors (Lipinski definition) is 1. The maximum atomic E-state index is 12.2. The van der Waals surface area contributed by atoms with Crippen molar-refractivity contribution in [1.29, 1.82) is 0 Å². The van der Waals surface area contributed by atoms with Crippen LogP contribution < -0.4 is 5.32 Å². The zero-order valence-electron chi connectivity index (χ0n) is 12.6. The molecule has 0 spiro atoms. The fourth-order valence-corrected chi connectivity index (χ4v) is 2.19. The van der Waals surface area contributed by atoms with Crippen molar-refractivity contribution in [3.05, 3.63) is 35.9 Å². The van der Waals surface area contributed by atoms with Gasteiger partial charge in [-0.2, -0.15) is 0 Å². The summed E-state index contributed by atoms with van der Waals surface area (Å²) in [6.45, 7) is 6.69. The Morgan fingerprint density at radius 2 is 1.80 bits per heavy atom. The van der Waals surface area contributed by atoms with Crippen molar-refractivity contribution in [3.63, 3.8) is 0 Å². The van der Waals surface area contributed by atoms with Gasteiger partial charge in [0.1, 0.15) is 6.04 Å². The average molecular weight is 276 g/mol. The van der Waals surface area contributed by atoms with E-state index in [1.54, 1.807) is 4.90 Å². The monoisotopic (exact) mass is 276 g/mol. The number of carbonyl (C=O) groups is 2. The Morgan fingerprint density at radius 3 is 2.30 bits per heavy atom. The molecule has 0 radical (unpaired) electrons. The van der Waals surface area contributed by atoms with Gasteiger partial charge in [0, 0.05) is 19.5 Å². The van der Waals surface area contributed by atoms with Crippen molar-refractivity contribution < 1.29 is 9.59 Å². The molecule has 1 atom stereocenters. The largest absolute Gasteiger partial charge is 0.355 e. The highest BCUT2D eigenvalue weighted by Crippen LogP contribution is 2.13. The normalized spacial score (nSPS) is 11.8. The van der Waals surface area contributed by atoms with Crippen LogP contribution in [0.2, 0.25) is 0 Å². The molecular formula is C16H24N2O2. The van der Waals surface area contributed by atoms with Crippen molar-refractivity contribution in [2.24, 2.45) is 0 Å². The molecule has 1 rings (SSSR count). The van der Waals surface area contributed by atoms with Gasteiger partial charge in [-0.25, -0.2) is 0 Å². The second-order valence-electron chi connectivity index (χ2n) is 4.68. The van der Waals surface area contributed by atoms with Gasteiger partial charge in [0.15, 0.2) is 0 Å². The van der Waals surface area contributed by atoms with E-state index < -0.39 is 6.04 Å². The quantitative estimate of drug-likeness (QED) is 0.831. The zero-order valence-corrected chi connectivity index (χ0v) is 12.6. The summed E-state index contributed by atoms with van der Waals surface area (Å²) in [5.41, 5.74) is 1.04. The predicted octanol–water partition coefficient (Wildman–Crippen LogP) is 2.34. The van der Waals surface area contributed by atoms with Gasteiger partial charge in [0.25, 0.3) is 0 Å². The number of nitrogens with one attached hydrogen (secondary N) is 1. The lowest BCUT2D eigenvalue weighted by molar-refractivity contribution is -0.141. The minimum absolute atomic E-state index is 0.00644. The van der Waals surface area contributed by atoms with Crippen LogP contribution in [0.3, 0.4) is 0 Å². The third kappa shape index (κ3) is 4.37. The van der Waals surface area contributed by atoms with Crippen LogP contribution in [0.1, 0.15) is 39.2 Å². The van der Waals surface area contributed by atoms with Crippen LogP contribution in [0.5, 0.6) is 0 Å². The van der Waals surface area contributed by atoms with Crippen molar-refractivity contribution >= 4 is 11.8 Å². The van der Waals surface area contributed by atoms with Crippen LogP contribution in [0.4, 0.5) is 0 Å². The van der Waals surface area contributed by atoms with Gasteiger partial charge in [-0.1, -0.05) is 44.2 Å². The molecule has 0 unspecified atom stereocenters. The van der Waals surface area contributed by atoms with Crippen LogP contribution >= 0.6 is 0 Å². The van der Waals surface area contributed by atoms with E-state index in [2.05, 4.69) is 5.32 Å². The topological polar surface area (TPSA) is 49.4 Å². The van der Waals surface area contributed by atoms with Crippen molar-refractivity contribution in [2.75, 3.05) is 6.54 Å². The molecule has 4 heteroatoms. The summed E-state index contributed by atoms with van der Waals surface area (Å²) in [6, 6.07) is 9.37. The molecule has 0 saturated carbocycles. The van der Waals surface area contributed by atoms with Gasteiger partial charge < -0.3 is 10.2 Å². The summed E-state index contributed by atoms with van der Waals surface area (Å²) in [5.74, 6) is -0.0697. The predicted molar refractivity (Wildman–Crippen MR) is 80.0 cm³/mol. The van der Waals surface area contributed by atoms with E-state index in [9.17, 15) is 9.59 Å². The summed E-state index contributed by atoms with van der Waals surface area (Å²) in [6.07, 6.45) is 1.02. The summed E-state index contributed by atoms with van der Waals surface area (Å²) >= 11 is 0. The first-order valence-corrected chi connectivity index (χ1v) is 7.25. The molecule has 110 valence electrons. The molecule has 1 N–H and O–H groups in total. The standard InChI is InChI=1S/C16H24N2O2/c1-4-14(16(20)17-6-3)18(15(19)5-2)12-13-10-8-7-9-11-13/h7-11,14H,4-6,12H2,1-3H3,(H,17,20)/t14-/m0/s1. The lowest BCUT2D eigenvalue weighted by Gasteiger charge is -2.30. The van der Waals surface area contributed by atoms with Crippen molar-refractivity contribution in [3.8, 4) is 0 Å². The van der Waals surface area contributed by atoms with E-state index in [-0.39, 0.29) is 11.8 Å². The first-order chi connectivity index (χ1) is 9.63. The number of benzene rings is 1. The Hall–Kier alpha value is -1.84. The van der Waals surface area contributed by atoms with Crippen LogP contribution in [-0.2, 0) is 16.1 Å². The third-order valence-electron chi connectivity index (χ3n) is 3.24. The molecule has 0 fully saturated rings. The molecule has 2 amide bonds. The summed E-state index contributed by atoms with van der Waals surface area (Å²) < 4.78 is 0. The highest BCUT2D eigenvalue weighted by Gasteiger charge is 2.27. The van der Waals surface area contributed by atoms with Crippen LogP contribution in [0.25, 0.3) is 0 Å². The van der Waals surface area contributed by atoms with Crippen molar-refractivity contribution in [1.82, 2.24) is 10.2 Å². The molecule has 0 aliphatic rings. The average Bonchev–Trinajstić information content (AvgIpc) is 2.47. The van der Waals surface area contributed by atoms with Gasteiger partial charge in [-0.05, 0) is 18.9 Å². The molecule has 1 aromatic rings. The Kier molecular flexibility index (Phi) is 6.77. The summed E-state index contributed by atoms with van der Waals surface area (Å²) in [7, 11) is 0. The lowest BCUT2D eigenvalue weighted by Crippen LogP contribution is -2.48. The number of rotatable bonds is 7. The van der Waals surface area contributed by atoms with Gasteiger partial charge in [0.05, 0.1) is 0 Å². The maximum Gasteiger partial charge on any atom is 0.242 e. The maximum absolute atomic E-state index is 12.2. The van der Waals surface area contributed by atoms with Gasteiger partial charge >= 0.3 is 0 Å². The molecule has 20 heavy (non-hydrogen) atoms. The lowest BCUT2D eigenvalue weighted by atomic mass is 10.1. The first-order valence-electron chi connectivity index (χ1n) is 7.25. The molecule has 0 saturated heterocycles. The van der Waals surface area contributed by atoms with E-state index in [4.69, 9.17) is 0 Å². The van der Waals surface area contributed by atoms with E-state index >= 15 is 0 Å². The second-order valence-corrected chi connectivity index (χ2v) is 4.68. The molecule has 0 aliphatic carbocycles. The Morgan fingerprint density at radius 1 is 1.15 bits per heavy atom. The highest BCUT2D eigenvalue weighted by molar-refractivity contribution is 5.87. The summed E-state index contributed by atoms with van der Waals surface area (Å²) in [5, 5.41) is 2.81. The minimum atomic E-state index is -0.400.